The molecule has 4 rings (SSSR count). The summed E-state index contributed by atoms with van der Waals surface area (Å²) in [6.45, 7) is 3.15. The Morgan fingerprint density at radius 3 is 2.95 bits per heavy atom. The van der Waals surface area contributed by atoms with Crippen molar-refractivity contribution in [2.75, 3.05) is 6.54 Å². The first-order valence-electron chi connectivity index (χ1n) is 7.93. The quantitative estimate of drug-likeness (QED) is 0.550. The van der Waals surface area contributed by atoms with E-state index in [0.717, 1.165) is 18.5 Å². The van der Waals surface area contributed by atoms with Crippen LogP contribution in [-0.4, -0.2) is 32.8 Å². The minimum absolute atomic E-state index is 0.0350. The summed E-state index contributed by atoms with van der Waals surface area (Å²) in [5.74, 6) is 0.163. The van der Waals surface area contributed by atoms with E-state index < -0.39 is 0 Å². The van der Waals surface area contributed by atoms with Gasteiger partial charge in [-0.05, 0) is 43.0 Å². The van der Waals surface area contributed by atoms with Crippen molar-refractivity contribution in [3.05, 3.63) is 47.6 Å². The highest BCUT2D eigenvalue weighted by molar-refractivity contribution is 8.02. The fraction of sp³-hybridized carbons (Fsp3) is 0.444. The topological polar surface area (TPSA) is 52.5 Å². The van der Waals surface area contributed by atoms with E-state index in [0.29, 0.717) is 11.3 Å². The van der Waals surface area contributed by atoms with Gasteiger partial charge >= 0.3 is 0 Å². The monoisotopic (exact) mass is 315 g/mol. The number of piperidine rings is 1. The number of phenols is 2. The molecule has 3 nitrogen and oxygen atoms in total. The van der Waals surface area contributed by atoms with Gasteiger partial charge in [-0.25, -0.2) is 0 Å². The molecule has 0 aromatic heterocycles. The normalized spacial score (nSPS) is 36.6. The van der Waals surface area contributed by atoms with E-state index in [1.165, 1.54) is 12.0 Å². The van der Waals surface area contributed by atoms with Crippen molar-refractivity contribution in [2.24, 2.45) is 0 Å². The van der Waals surface area contributed by atoms with Gasteiger partial charge in [-0.3, -0.25) is 0 Å². The molecule has 2 aliphatic heterocycles. The number of phenolic OH excluding ortho intramolecular Hbond substituents is 2. The minimum Gasteiger partial charge on any atom is -0.504 e. The third kappa shape index (κ3) is 2.01. The molecule has 4 heteroatoms. The van der Waals surface area contributed by atoms with Crippen molar-refractivity contribution in [1.82, 2.24) is 5.32 Å². The number of hydrogen-bond donors (Lipinski definition) is 3. The standard InChI is InChI=1S/C18H21NO2S/c1-11-8-14-13(12-5-6-15(20)16(21)9-12)10-19-17-4-2-3-7-18(14,17)22-11/h3,5-9,11,13,17,19-21H,2,4,10H2,1H3. The number of benzene rings is 1. The molecule has 4 unspecified atom stereocenters. The van der Waals surface area contributed by atoms with Gasteiger partial charge in [0.25, 0.3) is 0 Å². The number of allylic oxidation sites excluding steroid dienone is 1. The first-order valence-corrected chi connectivity index (χ1v) is 8.81. The Morgan fingerprint density at radius 2 is 2.14 bits per heavy atom. The van der Waals surface area contributed by atoms with Crippen molar-refractivity contribution in [3.63, 3.8) is 0 Å². The van der Waals surface area contributed by atoms with E-state index in [2.05, 4.69) is 30.5 Å². The Balaban J connectivity index is 1.78. The van der Waals surface area contributed by atoms with Crippen LogP contribution >= 0.6 is 11.8 Å². The summed E-state index contributed by atoms with van der Waals surface area (Å²) in [5.41, 5.74) is 2.54. The van der Waals surface area contributed by atoms with E-state index in [9.17, 15) is 10.2 Å². The van der Waals surface area contributed by atoms with Crippen LogP contribution in [0.1, 0.15) is 31.2 Å². The number of nitrogens with one attached hydrogen (secondary N) is 1. The number of hydrogen-bond acceptors (Lipinski definition) is 4. The third-order valence-electron chi connectivity index (χ3n) is 5.10. The maximum absolute atomic E-state index is 9.84. The molecular weight excluding hydrogens is 294 g/mol. The molecule has 116 valence electrons. The summed E-state index contributed by atoms with van der Waals surface area (Å²) >= 11 is 2.03. The van der Waals surface area contributed by atoms with Crippen molar-refractivity contribution in [2.45, 2.75) is 41.7 Å². The summed E-state index contributed by atoms with van der Waals surface area (Å²) in [7, 11) is 0. The van der Waals surface area contributed by atoms with Crippen LogP contribution in [0, 0.1) is 0 Å². The maximum Gasteiger partial charge on any atom is 0.157 e. The average molecular weight is 315 g/mol. The third-order valence-corrected chi connectivity index (χ3v) is 6.65. The zero-order chi connectivity index (χ0) is 15.3. The van der Waals surface area contributed by atoms with Crippen LogP contribution in [0.4, 0.5) is 0 Å². The molecule has 1 spiro atoms. The lowest BCUT2D eigenvalue weighted by Gasteiger charge is -2.47. The van der Waals surface area contributed by atoms with Gasteiger partial charge in [0.15, 0.2) is 11.5 Å². The molecule has 0 amide bonds. The molecule has 1 aliphatic carbocycles. The highest BCUT2D eigenvalue weighted by Crippen LogP contribution is 2.55. The number of rotatable bonds is 1. The SMILES string of the molecule is CC1C=C2C(c3ccc(O)c(O)c3)CNC3CCC=CC23S1. The first-order chi connectivity index (χ1) is 10.6. The van der Waals surface area contributed by atoms with Crippen molar-refractivity contribution >= 4 is 11.8 Å². The minimum atomic E-state index is -0.0548. The fourth-order valence-corrected chi connectivity index (χ4v) is 5.85. The number of thioether (sulfide) groups is 1. The maximum atomic E-state index is 9.84. The summed E-state index contributed by atoms with van der Waals surface area (Å²) < 4.78 is 0.0636. The average Bonchev–Trinajstić information content (AvgIpc) is 2.84. The molecule has 2 heterocycles. The van der Waals surface area contributed by atoms with Crippen LogP contribution in [0.2, 0.25) is 0 Å². The highest BCUT2D eigenvalue weighted by atomic mass is 32.2. The highest BCUT2D eigenvalue weighted by Gasteiger charge is 2.51. The number of aromatic hydroxyl groups is 2. The first kappa shape index (κ1) is 14.2. The molecule has 3 aliphatic rings. The van der Waals surface area contributed by atoms with Crippen LogP contribution in [0.3, 0.4) is 0 Å². The van der Waals surface area contributed by atoms with Crippen LogP contribution in [-0.2, 0) is 0 Å². The molecule has 1 saturated heterocycles. The summed E-state index contributed by atoms with van der Waals surface area (Å²) in [4.78, 5) is 0. The summed E-state index contributed by atoms with van der Waals surface area (Å²) in [6, 6.07) is 5.72. The Morgan fingerprint density at radius 1 is 1.27 bits per heavy atom. The van der Waals surface area contributed by atoms with E-state index in [1.807, 2.05) is 17.8 Å². The smallest absolute Gasteiger partial charge is 0.157 e. The van der Waals surface area contributed by atoms with E-state index in [4.69, 9.17) is 0 Å². The van der Waals surface area contributed by atoms with Gasteiger partial charge in [0.05, 0.1) is 4.75 Å². The molecule has 0 bridgehead atoms. The van der Waals surface area contributed by atoms with Crippen molar-refractivity contribution < 1.29 is 10.2 Å². The predicted octanol–water partition coefficient (Wildman–Crippen LogP) is 3.30. The van der Waals surface area contributed by atoms with Gasteiger partial charge in [-0.1, -0.05) is 24.3 Å². The molecular formula is C18H21NO2S. The van der Waals surface area contributed by atoms with E-state index >= 15 is 0 Å². The summed E-state index contributed by atoms with van der Waals surface area (Å²) in [6.07, 6.45) is 9.43. The second kappa shape index (κ2) is 5.07. The molecule has 4 atom stereocenters. The second-order valence-electron chi connectivity index (χ2n) is 6.48. The zero-order valence-electron chi connectivity index (χ0n) is 12.6. The molecule has 0 saturated carbocycles. The van der Waals surface area contributed by atoms with Crippen LogP contribution in [0.5, 0.6) is 11.5 Å². The molecule has 1 fully saturated rings. The Hall–Kier alpha value is -1.39. The van der Waals surface area contributed by atoms with Gasteiger partial charge in [0.2, 0.25) is 0 Å². The van der Waals surface area contributed by atoms with Crippen LogP contribution in [0.25, 0.3) is 0 Å². The molecule has 1 aromatic carbocycles. The van der Waals surface area contributed by atoms with Crippen molar-refractivity contribution in [1.29, 1.82) is 0 Å². The molecule has 22 heavy (non-hydrogen) atoms. The zero-order valence-corrected chi connectivity index (χ0v) is 13.4. The Kier molecular flexibility index (Phi) is 3.27. The van der Waals surface area contributed by atoms with Gasteiger partial charge in [-0.2, -0.15) is 0 Å². The Labute approximate surface area is 135 Å². The fourth-order valence-electron chi connectivity index (χ4n) is 4.13. The van der Waals surface area contributed by atoms with E-state index in [1.54, 1.807) is 12.1 Å². The molecule has 3 N–H and O–H groups in total. The lowest BCUT2D eigenvalue weighted by molar-refractivity contribution is 0.371. The Bertz CT molecular complexity index is 669. The van der Waals surface area contributed by atoms with Crippen molar-refractivity contribution in [3.8, 4) is 11.5 Å². The second-order valence-corrected chi connectivity index (χ2v) is 8.13. The molecule has 0 radical (unpaired) electrons. The van der Waals surface area contributed by atoms with Gasteiger partial charge < -0.3 is 15.5 Å². The van der Waals surface area contributed by atoms with Gasteiger partial charge in [-0.15, -0.1) is 11.8 Å². The van der Waals surface area contributed by atoms with Gasteiger partial charge in [0, 0.05) is 23.8 Å². The largest absolute Gasteiger partial charge is 0.504 e. The lowest BCUT2D eigenvalue weighted by Crippen LogP contribution is -2.55. The van der Waals surface area contributed by atoms with Crippen LogP contribution < -0.4 is 5.32 Å². The predicted molar refractivity (Wildman–Crippen MR) is 90.5 cm³/mol. The summed E-state index contributed by atoms with van der Waals surface area (Å²) in [5, 5.41) is 23.6. The van der Waals surface area contributed by atoms with Gasteiger partial charge in [0.1, 0.15) is 0 Å². The van der Waals surface area contributed by atoms with E-state index in [-0.39, 0.29) is 22.2 Å². The molecule has 1 aromatic rings. The van der Waals surface area contributed by atoms with Crippen LogP contribution in [0.15, 0.2) is 42.0 Å². The lowest BCUT2D eigenvalue weighted by atomic mass is 9.72.